The Balaban J connectivity index is 2.04. The van der Waals surface area contributed by atoms with Crippen LogP contribution < -0.4 is 10.4 Å². The lowest BCUT2D eigenvalue weighted by Gasteiger charge is -2.45. The van der Waals surface area contributed by atoms with Gasteiger partial charge in [0.25, 0.3) is 14.2 Å². The molecule has 0 N–H and O–H groups in total. The second kappa shape index (κ2) is 8.05. The van der Waals surface area contributed by atoms with E-state index in [1.54, 1.807) is 0 Å². The van der Waals surface area contributed by atoms with Crippen molar-refractivity contribution in [2.24, 2.45) is 5.92 Å². The topological polar surface area (TPSA) is 12.5 Å². The summed E-state index contributed by atoms with van der Waals surface area (Å²) in [7, 11) is -0.862. The van der Waals surface area contributed by atoms with E-state index in [2.05, 4.69) is 45.0 Å². The molecule has 1 aliphatic rings. The predicted octanol–water partition coefficient (Wildman–Crippen LogP) is 4.15. The van der Waals surface area contributed by atoms with Gasteiger partial charge in [-0.2, -0.15) is 0 Å². The van der Waals surface area contributed by atoms with Crippen molar-refractivity contribution < 1.29 is 13.2 Å². The van der Waals surface area contributed by atoms with Crippen LogP contribution in [0.1, 0.15) is 27.2 Å². The molecule has 28 heavy (non-hydrogen) atoms. The number of hydrogen-bond acceptors (Lipinski definition) is 2. The Morgan fingerprint density at radius 1 is 1.00 bits per heavy atom. The zero-order valence-electron chi connectivity index (χ0n) is 17.3. The zero-order valence-corrected chi connectivity index (χ0v) is 18.3. The third kappa shape index (κ3) is 4.07. The maximum Gasteiger partial charge on any atom is 0.261 e. The van der Waals surface area contributed by atoms with Gasteiger partial charge in [0, 0.05) is 26.1 Å². The number of benzene rings is 2. The molecule has 1 heterocycles. The van der Waals surface area contributed by atoms with Crippen LogP contribution in [0.15, 0.2) is 60.7 Å². The van der Waals surface area contributed by atoms with Crippen molar-refractivity contribution in [1.82, 2.24) is 4.90 Å². The Kier molecular flexibility index (Phi) is 6.08. The molecule has 2 nitrogen and oxygen atoms in total. The normalized spacial score (nSPS) is 20.9. The van der Waals surface area contributed by atoms with Gasteiger partial charge in [-0.15, -0.1) is 0 Å². The van der Waals surface area contributed by atoms with Crippen LogP contribution in [-0.4, -0.2) is 45.9 Å². The van der Waals surface area contributed by atoms with Crippen molar-refractivity contribution >= 4 is 18.7 Å². The van der Waals surface area contributed by atoms with Crippen LogP contribution in [0.5, 0.6) is 0 Å². The fourth-order valence-corrected chi connectivity index (χ4v) is 8.91. The number of piperidine rings is 1. The van der Waals surface area contributed by atoms with E-state index in [0.717, 1.165) is 10.4 Å². The Labute approximate surface area is 168 Å². The summed E-state index contributed by atoms with van der Waals surface area (Å²) in [5.74, 6) is -3.47. The van der Waals surface area contributed by atoms with Gasteiger partial charge in [-0.05, 0) is 22.5 Å². The number of nitrogens with zero attached hydrogens (tertiary/aromatic N) is 1. The first-order valence-corrected chi connectivity index (χ1v) is 11.9. The van der Waals surface area contributed by atoms with Gasteiger partial charge in [0.2, 0.25) is 0 Å². The second-order valence-electron chi connectivity index (χ2n) is 8.94. The summed E-state index contributed by atoms with van der Waals surface area (Å²) in [4.78, 5) is 1.98. The van der Waals surface area contributed by atoms with E-state index in [0.29, 0.717) is 13.1 Å². The van der Waals surface area contributed by atoms with Gasteiger partial charge in [-0.3, -0.25) is 0 Å². The maximum absolute atomic E-state index is 14.6. The molecule has 152 valence electrons. The third-order valence-electron chi connectivity index (χ3n) is 5.87. The van der Waals surface area contributed by atoms with Gasteiger partial charge in [0.15, 0.2) is 0 Å². The summed E-state index contributed by atoms with van der Waals surface area (Å²) in [6.07, 6.45) is -0.0989. The highest BCUT2D eigenvalue weighted by Crippen LogP contribution is 2.39. The van der Waals surface area contributed by atoms with E-state index in [4.69, 9.17) is 4.43 Å². The molecule has 0 amide bonds. The van der Waals surface area contributed by atoms with Crippen LogP contribution in [0.3, 0.4) is 0 Å². The molecule has 2 aromatic rings. The third-order valence-corrected chi connectivity index (χ3v) is 10.9. The van der Waals surface area contributed by atoms with E-state index in [-0.39, 0.29) is 18.1 Å². The molecule has 0 aliphatic carbocycles. The first-order valence-electron chi connectivity index (χ1n) is 9.98. The lowest BCUT2D eigenvalue weighted by atomic mass is 9.95. The quantitative estimate of drug-likeness (QED) is 0.696. The molecule has 0 radical (unpaired) electrons. The van der Waals surface area contributed by atoms with Crippen molar-refractivity contribution in [3.05, 3.63) is 60.7 Å². The average Bonchev–Trinajstić information content (AvgIpc) is 2.66. The summed E-state index contributed by atoms with van der Waals surface area (Å²) < 4.78 is 36.0. The van der Waals surface area contributed by atoms with E-state index in [9.17, 15) is 8.78 Å². The first-order chi connectivity index (χ1) is 13.2. The molecule has 1 aliphatic heterocycles. The van der Waals surface area contributed by atoms with Gasteiger partial charge in [-0.25, -0.2) is 8.78 Å². The minimum atomic E-state index is -2.77. The summed E-state index contributed by atoms with van der Waals surface area (Å²) in [6, 6.07) is 20.4. The van der Waals surface area contributed by atoms with Crippen molar-refractivity contribution in [3.63, 3.8) is 0 Å². The molecule has 5 heteroatoms. The van der Waals surface area contributed by atoms with Crippen molar-refractivity contribution in [2.75, 3.05) is 26.7 Å². The molecule has 0 saturated carbocycles. The number of alkyl halides is 2. The van der Waals surface area contributed by atoms with Gasteiger partial charge < -0.3 is 9.33 Å². The minimum absolute atomic E-state index is 0.0740. The lowest BCUT2D eigenvalue weighted by molar-refractivity contribution is -0.114. The first kappa shape index (κ1) is 21.2. The SMILES string of the molecule is CN1CCC(F)(F)C(CO[Si](c2ccccc2)(c2ccccc2)C(C)(C)C)C1. The second-order valence-corrected chi connectivity index (χ2v) is 13.3. The van der Waals surface area contributed by atoms with E-state index in [1.807, 2.05) is 48.3 Å². The van der Waals surface area contributed by atoms with Crippen molar-refractivity contribution in [1.29, 1.82) is 0 Å². The summed E-state index contributed by atoms with van der Waals surface area (Å²) >= 11 is 0. The van der Waals surface area contributed by atoms with E-state index >= 15 is 0 Å². The lowest BCUT2D eigenvalue weighted by Crippen LogP contribution is -2.67. The van der Waals surface area contributed by atoms with Crippen LogP contribution in [0.4, 0.5) is 8.78 Å². The van der Waals surface area contributed by atoms with Crippen LogP contribution in [0.2, 0.25) is 5.04 Å². The average molecular weight is 404 g/mol. The molecular formula is C23H31F2NOSi. The molecule has 1 unspecified atom stereocenters. The van der Waals surface area contributed by atoms with Gasteiger partial charge in [0.05, 0.1) is 5.92 Å². The molecule has 0 spiro atoms. The predicted molar refractivity (Wildman–Crippen MR) is 114 cm³/mol. The molecule has 1 atom stereocenters. The standard InChI is InChI=1S/C23H31F2NOSi/c1-22(2,3)28(20-11-7-5-8-12-20,21-13-9-6-10-14-21)27-18-19-17-26(4)16-15-23(19,24)25/h5-14,19H,15-18H2,1-4H3. The summed E-state index contributed by atoms with van der Waals surface area (Å²) in [5.41, 5.74) is 0. The number of hydrogen-bond donors (Lipinski definition) is 0. The minimum Gasteiger partial charge on any atom is -0.407 e. The highest BCUT2D eigenvalue weighted by molar-refractivity contribution is 6.99. The van der Waals surface area contributed by atoms with E-state index < -0.39 is 20.2 Å². The van der Waals surface area contributed by atoms with Gasteiger partial charge >= 0.3 is 0 Å². The highest BCUT2D eigenvalue weighted by atomic mass is 28.4. The van der Waals surface area contributed by atoms with Gasteiger partial charge in [-0.1, -0.05) is 81.4 Å². The summed E-state index contributed by atoms with van der Waals surface area (Å²) in [5, 5.41) is 2.05. The number of likely N-dealkylation sites (tertiary alicyclic amines) is 1. The molecule has 2 aromatic carbocycles. The largest absolute Gasteiger partial charge is 0.407 e. The highest BCUT2D eigenvalue weighted by Gasteiger charge is 2.52. The monoisotopic (exact) mass is 403 g/mol. The number of halogens is 2. The van der Waals surface area contributed by atoms with Crippen LogP contribution in [-0.2, 0) is 4.43 Å². The van der Waals surface area contributed by atoms with Crippen LogP contribution in [0.25, 0.3) is 0 Å². The Hall–Kier alpha value is -1.56. The molecular weight excluding hydrogens is 372 g/mol. The number of rotatable bonds is 5. The zero-order chi connectivity index (χ0) is 20.4. The Bertz CT molecular complexity index is 722. The maximum atomic E-state index is 14.6. The fourth-order valence-electron chi connectivity index (χ4n) is 4.31. The Morgan fingerprint density at radius 3 is 1.96 bits per heavy atom. The van der Waals surface area contributed by atoms with Crippen LogP contribution in [0, 0.1) is 5.92 Å². The molecule has 1 saturated heterocycles. The smallest absolute Gasteiger partial charge is 0.261 e. The van der Waals surface area contributed by atoms with Crippen molar-refractivity contribution in [2.45, 2.75) is 38.2 Å². The fraction of sp³-hybridized carbons (Fsp3) is 0.478. The molecule has 1 fully saturated rings. The van der Waals surface area contributed by atoms with Crippen LogP contribution >= 0.6 is 0 Å². The Morgan fingerprint density at radius 2 is 1.50 bits per heavy atom. The molecule has 3 rings (SSSR count). The van der Waals surface area contributed by atoms with Gasteiger partial charge in [0.1, 0.15) is 0 Å². The molecule has 0 bridgehead atoms. The van der Waals surface area contributed by atoms with E-state index in [1.165, 1.54) is 0 Å². The van der Waals surface area contributed by atoms with Crippen molar-refractivity contribution in [3.8, 4) is 0 Å². The summed E-state index contributed by atoms with van der Waals surface area (Å²) in [6.45, 7) is 7.39. The molecule has 0 aromatic heterocycles.